The number of hydrogen-bond acceptors (Lipinski definition) is 2. The predicted octanol–water partition coefficient (Wildman–Crippen LogP) is 3.98. The van der Waals surface area contributed by atoms with E-state index in [0.717, 1.165) is 11.1 Å². The molecule has 0 saturated carbocycles. The number of rotatable bonds is 4. The Morgan fingerprint density at radius 2 is 1.75 bits per heavy atom. The molecule has 2 aromatic rings. The minimum Gasteiger partial charge on any atom is -0.445 e. The van der Waals surface area contributed by atoms with Crippen LogP contribution in [0.2, 0.25) is 0 Å². The molecule has 0 aromatic heterocycles. The molecule has 2 aromatic carbocycles. The fraction of sp³-hybridized carbons (Fsp3) is 0.235. The normalized spacial score (nSPS) is 11.7. The van der Waals surface area contributed by atoms with Gasteiger partial charge in [0, 0.05) is 0 Å². The number of benzene rings is 2. The molecule has 0 aliphatic carbocycles. The maximum Gasteiger partial charge on any atom is 0.407 e. The van der Waals surface area contributed by atoms with Crippen LogP contribution in [0.1, 0.15) is 29.7 Å². The van der Waals surface area contributed by atoms with Gasteiger partial charge in [0.25, 0.3) is 0 Å². The first-order valence-corrected chi connectivity index (χ1v) is 6.69. The van der Waals surface area contributed by atoms with Gasteiger partial charge in [-0.05, 0) is 25.0 Å². The Morgan fingerprint density at radius 1 is 1.10 bits per heavy atom. The highest BCUT2D eigenvalue weighted by Gasteiger charge is 2.10. The molecule has 20 heavy (non-hydrogen) atoms. The molecular formula is C17H19NO2. The van der Waals surface area contributed by atoms with E-state index in [2.05, 4.69) is 5.32 Å². The van der Waals surface area contributed by atoms with Crippen molar-refractivity contribution in [2.45, 2.75) is 26.5 Å². The summed E-state index contributed by atoms with van der Waals surface area (Å²) in [6, 6.07) is 17.6. The summed E-state index contributed by atoms with van der Waals surface area (Å²) in [6.07, 6.45) is -0.401. The van der Waals surface area contributed by atoms with Crippen molar-refractivity contribution in [3.8, 4) is 0 Å². The summed E-state index contributed by atoms with van der Waals surface area (Å²) in [5.74, 6) is 0. The molecule has 1 atom stereocenters. The number of alkyl carbamates (subject to hydrolysis) is 1. The molecule has 0 unspecified atom stereocenters. The predicted molar refractivity (Wildman–Crippen MR) is 79.4 cm³/mol. The van der Waals surface area contributed by atoms with E-state index >= 15 is 0 Å². The summed E-state index contributed by atoms with van der Waals surface area (Å²) in [6.45, 7) is 4.26. The highest BCUT2D eigenvalue weighted by atomic mass is 16.5. The second kappa shape index (κ2) is 6.75. The summed E-state index contributed by atoms with van der Waals surface area (Å²) < 4.78 is 5.19. The monoisotopic (exact) mass is 269 g/mol. The van der Waals surface area contributed by atoms with Gasteiger partial charge >= 0.3 is 6.09 Å². The molecule has 1 amide bonds. The van der Waals surface area contributed by atoms with E-state index in [1.165, 1.54) is 5.56 Å². The molecular weight excluding hydrogens is 250 g/mol. The minimum absolute atomic E-state index is 0.0705. The van der Waals surface area contributed by atoms with Gasteiger partial charge in [0.05, 0.1) is 6.04 Å². The second-order valence-corrected chi connectivity index (χ2v) is 4.84. The van der Waals surface area contributed by atoms with E-state index in [0.29, 0.717) is 0 Å². The first kappa shape index (κ1) is 14.1. The molecule has 104 valence electrons. The smallest absolute Gasteiger partial charge is 0.407 e. The summed E-state index contributed by atoms with van der Waals surface area (Å²) in [7, 11) is 0. The summed E-state index contributed by atoms with van der Waals surface area (Å²) in [5, 5.41) is 2.82. The van der Waals surface area contributed by atoms with Gasteiger partial charge in [-0.1, -0.05) is 60.2 Å². The van der Waals surface area contributed by atoms with Crippen molar-refractivity contribution in [3.05, 3.63) is 71.3 Å². The van der Waals surface area contributed by atoms with Crippen LogP contribution in [-0.2, 0) is 11.3 Å². The highest BCUT2D eigenvalue weighted by Crippen LogP contribution is 2.13. The van der Waals surface area contributed by atoms with Gasteiger partial charge in [0.15, 0.2) is 0 Å². The number of ether oxygens (including phenoxy) is 1. The van der Waals surface area contributed by atoms with Crippen molar-refractivity contribution in [2.75, 3.05) is 0 Å². The lowest BCUT2D eigenvalue weighted by molar-refractivity contribution is 0.136. The summed E-state index contributed by atoms with van der Waals surface area (Å²) >= 11 is 0. The molecule has 3 heteroatoms. The van der Waals surface area contributed by atoms with Crippen molar-refractivity contribution in [2.24, 2.45) is 0 Å². The third-order valence-electron chi connectivity index (χ3n) is 3.12. The van der Waals surface area contributed by atoms with E-state index in [4.69, 9.17) is 4.74 Å². The van der Waals surface area contributed by atoms with Crippen LogP contribution in [0.25, 0.3) is 0 Å². The van der Waals surface area contributed by atoms with E-state index < -0.39 is 6.09 Å². The number of aryl methyl sites for hydroxylation is 1. The van der Waals surface area contributed by atoms with Crippen LogP contribution in [0.5, 0.6) is 0 Å². The third-order valence-corrected chi connectivity index (χ3v) is 3.12. The Hall–Kier alpha value is -2.29. The van der Waals surface area contributed by atoms with Gasteiger partial charge in [-0.3, -0.25) is 0 Å². The molecule has 0 fully saturated rings. The fourth-order valence-electron chi connectivity index (χ4n) is 1.88. The van der Waals surface area contributed by atoms with Crippen LogP contribution in [0.3, 0.4) is 0 Å². The lowest BCUT2D eigenvalue weighted by atomic mass is 10.1. The Balaban J connectivity index is 1.83. The highest BCUT2D eigenvalue weighted by molar-refractivity contribution is 5.67. The van der Waals surface area contributed by atoms with E-state index in [-0.39, 0.29) is 12.6 Å². The summed E-state index contributed by atoms with van der Waals surface area (Å²) in [4.78, 5) is 11.7. The lowest BCUT2D eigenvalue weighted by Crippen LogP contribution is -2.27. The van der Waals surface area contributed by atoms with Gasteiger partial charge in [-0.25, -0.2) is 4.79 Å². The second-order valence-electron chi connectivity index (χ2n) is 4.84. The molecule has 0 aliphatic rings. The topological polar surface area (TPSA) is 38.3 Å². The van der Waals surface area contributed by atoms with Gasteiger partial charge in [0.2, 0.25) is 0 Å². The van der Waals surface area contributed by atoms with E-state index in [1.807, 2.05) is 68.4 Å². The maximum absolute atomic E-state index is 11.7. The van der Waals surface area contributed by atoms with Crippen molar-refractivity contribution >= 4 is 6.09 Å². The van der Waals surface area contributed by atoms with Crippen LogP contribution < -0.4 is 5.32 Å². The van der Waals surface area contributed by atoms with Crippen molar-refractivity contribution in [3.63, 3.8) is 0 Å². The molecule has 0 aliphatic heterocycles. The molecule has 0 spiro atoms. The average molecular weight is 269 g/mol. The zero-order chi connectivity index (χ0) is 14.4. The quantitative estimate of drug-likeness (QED) is 0.911. The van der Waals surface area contributed by atoms with Crippen LogP contribution >= 0.6 is 0 Å². The summed E-state index contributed by atoms with van der Waals surface area (Å²) in [5.41, 5.74) is 3.24. The number of carbonyl (C=O) groups is 1. The van der Waals surface area contributed by atoms with Crippen LogP contribution in [0.15, 0.2) is 54.6 Å². The largest absolute Gasteiger partial charge is 0.445 e. The maximum atomic E-state index is 11.7. The molecule has 0 radical (unpaired) electrons. The van der Waals surface area contributed by atoms with Gasteiger partial charge in [0.1, 0.15) is 6.61 Å². The Kier molecular flexibility index (Phi) is 4.77. The average Bonchev–Trinajstić information content (AvgIpc) is 2.47. The first-order valence-electron chi connectivity index (χ1n) is 6.69. The van der Waals surface area contributed by atoms with Gasteiger partial charge in [-0.2, -0.15) is 0 Å². The number of hydrogen-bond donors (Lipinski definition) is 1. The third kappa shape index (κ3) is 4.12. The van der Waals surface area contributed by atoms with E-state index in [9.17, 15) is 4.79 Å². The molecule has 0 saturated heterocycles. The molecule has 3 nitrogen and oxygen atoms in total. The van der Waals surface area contributed by atoms with Crippen LogP contribution in [-0.4, -0.2) is 6.09 Å². The zero-order valence-corrected chi connectivity index (χ0v) is 11.8. The minimum atomic E-state index is -0.401. The van der Waals surface area contributed by atoms with Crippen molar-refractivity contribution in [1.29, 1.82) is 0 Å². The fourth-order valence-corrected chi connectivity index (χ4v) is 1.88. The Morgan fingerprint density at radius 3 is 2.40 bits per heavy atom. The van der Waals surface area contributed by atoms with Crippen molar-refractivity contribution < 1.29 is 9.53 Å². The van der Waals surface area contributed by atoms with Crippen LogP contribution in [0, 0.1) is 6.92 Å². The number of carbonyl (C=O) groups excluding carboxylic acids is 1. The Bertz CT molecular complexity index is 549. The number of amides is 1. The molecule has 2 rings (SSSR count). The van der Waals surface area contributed by atoms with Crippen LogP contribution in [0.4, 0.5) is 4.79 Å². The lowest BCUT2D eigenvalue weighted by Gasteiger charge is -2.14. The van der Waals surface area contributed by atoms with E-state index in [1.54, 1.807) is 0 Å². The molecule has 0 bridgehead atoms. The van der Waals surface area contributed by atoms with Gasteiger partial charge in [-0.15, -0.1) is 0 Å². The zero-order valence-electron chi connectivity index (χ0n) is 11.8. The first-order chi connectivity index (χ1) is 9.65. The SMILES string of the molecule is Cc1ccc([C@H](C)NC(=O)OCc2ccccc2)cc1. The van der Waals surface area contributed by atoms with Crippen molar-refractivity contribution in [1.82, 2.24) is 5.32 Å². The molecule has 0 heterocycles. The number of nitrogens with one attached hydrogen (secondary N) is 1. The molecule has 1 N–H and O–H groups in total. The standard InChI is InChI=1S/C17H19NO2/c1-13-8-10-16(11-9-13)14(2)18-17(19)20-12-15-6-4-3-5-7-15/h3-11,14H,12H2,1-2H3,(H,18,19)/t14-/m0/s1. The Labute approximate surface area is 119 Å². The van der Waals surface area contributed by atoms with Gasteiger partial charge < -0.3 is 10.1 Å².